The highest BCUT2D eigenvalue weighted by Gasteiger charge is 2.43. The summed E-state index contributed by atoms with van der Waals surface area (Å²) in [5, 5.41) is 0. The third kappa shape index (κ3) is 4.43. The Morgan fingerprint density at radius 3 is 2.39 bits per heavy atom. The number of hydrogen-bond donors (Lipinski definition) is 1. The Balaban J connectivity index is 2.64. The first-order valence-corrected chi connectivity index (χ1v) is 6.87. The Morgan fingerprint density at radius 2 is 1.89 bits per heavy atom. The maximum atomic E-state index is 13.0. The van der Waals surface area contributed by atoms with Gasteiger partial charge in [0.2, 0.25) is 0 Å². The molecule has 0 aromatic rings. The Labute approximate surface area is 108 Å². The molecule has 2 N–H and O–H groups in total. The molecule has 1 fully saturated rings. The smallest absolute Gasteiger partial charge is 0.330 e. The van der Waals surface area contributed by atoms with Crippen LogP contribution in [-0.2, 0) is 0 Å². The van der Waals surface area contributed by atoms with E-state index >= 15 is 0 Å². The second-order valence-electron chi connectivity index (χ2n) is 5.61. The predicted octanol–water partition coefficient (Wildman–Crippen LogP) is 3.02. The molecular formula is C13H25F3N2. The van der Waals surface area contributed by atoms with Gasteiger partial charge < -0.3 is 5.73 Å². The molecular weight excluding hydrogens is 241 g/mol. The molecule has 1 saturated heterocycles. The van der Waals surface area contributed by atoms with Crippen molar-refractivity contribution < 1.29 is 13.2 Å². The molecule has 0 spiro atoms. The zero-order chi connectivity index (χ0) is 13.8. The van der Waals surface area contributed by atoms with E-state index in [-0.39, 0.29) is 13.0 Å². The van der Waals surface area contributed by atoms with E-state index in [2.05, 4.69) is 13.8 Å². The molecule has 5 heteroatoms. The lowest BCUT2D eigenvalue weighted by atomic mass is 9.89. The third-order valence-corrected chi connectivity index (χ3v) is 4.01. The van der Waals surface area contributed by atoms with Crippen LogP contribution in [0.2, 0.25) is 0 Å². The predicted molar refractivity (Wildman–Crippen MR) is 67.3 cm³/mol. The summed E-state index contributed by atoms with van der Waals surface area (Å²) in [6.45, 7) is 5.50. The lowest BCUT2D eigenvalue weighted by Gasteiger charge is -2.32. The van der Waals surface area contributed by atoms with E-state index in [0.29, 0.717) is 24.9 Å². The van der Waals surface area contributed by atoms with E-state index in [4.69, 9.17) is 5.73 Å². The summed E-state index contributed by atoms with van der Waals surface area (Å²) in [6.07, 6.45) is -1.37. The number of hydrogen-bond acceptors (Lipinski definition) is 2. The maximum absolute atomic E-state index is 13.0. The van der Waals surface area contributed by atoms with Gasteiger partial charge in [0.05, 0.1) is 0 Å². The molecule has 0 radical (unpaired) electrons. The zero-order valence-electron chi connectivity index (χ0n) is 11.3. The van der Waals surface area contributed by atoms with Crippen LogP contribution in [-0.4, -0.2) is 36.8 Å². The SMILES string of the molecule is CC(C)C1CCCN(C(CCN)C(F)(F)F)CC1. The summed E-state index contributed by atoms with van der Waals surface area (Å²) in [5.41, 5.74) is 5.32. The summed E-state index contributed by atoms with van der Waals surface area (Å²) >= 11 is 0. The van der Waals surface area contributed by atoms with Crippen molar-refractivity contribution in [1.82, 2.24) is 4.90 Å². The van der Waals surface area contributed by atoms with Crippen molar-refractivity contribution >= 4 is 0 Å². The number of nitrogens with two attached hydrogens (primary N) is 1. The minimum Gasteiger partial charge on any atom is -0.330 e. The van der Waals surface area contributed by atoms with Crippen molar-refractivity contribution in [2.45, 2.75) is 51.7 Å². The third-order valence-electron chi connectivity index (χ3n) is 4.01. The van der Waals surface area contributed by atoms with Crippen LogP contribution < -0.4 is 5.73 Å². The van der Waals surface area contributed by atoms with Crippen LogP contribution in [0, 0.1) is 11.8 Å². The summed E-state index contributed by atoms with van der Waals surface area (Å²) in [4.78, 5) is 1.59. The molecule has 0 saturated carbocycles. The molecule has 1 aliphatic rings. The van der Waals surface area contributed by atoms with Crippen LogP contribution in [0.5, 0.6) is 0 Å². The summed E-state index contributed by atoms with van der Waals surface area (Å²) in [5.74, 6) is 1.12. The van der Waals surface area contributed by atoms with Gasteiger partial charge in [-0.05, 0) is 57.2 Å². The quantitative estimate of drug-likeness (QED) is 0.847. The Bertz CT molecular complexity index is 241. The number of likely N-dealkylation sites (tertiary alicyclic amines) is 1. The Hall–Kier alpha value is -0.290. The molecule has 1 heterocycles. The molecule has 1 rings (SSSR count). The van der Waals surface area contributed by atoms with Crippen molar-refractivity contribution in [1.29, 1.82) is 0 Å². The second kappa shape index (κ2) is 6.75. The van der Waals surface area contributed by atoms with Gasteiger partial charge in [-0.25, -0.2) is 0 Å². The van der Waals surface area contributed by atoms with Crippen molar-refractivity contribution in [3.63, 3.8) is 0 Å². The lowest BCUT2D eigenvalue weighted by molar-refractivity contribution is -0.185. The Kier molecular flexibility index (Phi) is 5.92. The highest BCUT2D eigenvalue weighted by molar-refractivity contribution is 4.82. The number of rotatable bonds is 4. The monoisotopic (exact) mass is 266 g/mol. The van der Waals surface area contributed by atoms with Gasteiger partial charge in [0, 0.05) is 0 Å². The molecule has 1 aliphatic heterocycles. The fraction of sp³-hybridized carbons (Fsp3) is 1.00. The molecule has 0 aliphatic carbocycles. The first-order chi connectivity index (χ1) is 8.36. The van der Waals surface area contributed by atoms with Crippen LogP contribution >= 0.6 is 0 Å². The summed E-state index contributed by atoms with van der Waals surface area (Å²) < 4.78 is 38.9. The number of halogens is 3. The minimum absolute atomic E-state index is 0.00977. The fourth-order valence-corrected chi connectivity index (χ4v) is 2.83. The average molecular weight is 266 g/mol. The molecule has 0 amide bonds. The van der Waals surface area contributed by atoms with Crippen LogP contribution in [0.25, 0.3) is 0 Å². The van der Waals surface area contributed by atoms with Gasteiger partial charge in [0.15, 0.2) is 0 Å². The number of alkyl halides is 3. The van der Waals surface area contributed by atoms with Crippen LogP contribution in [0.1, 0.15) is 39.5 Å². The van der Waals surface area contributed by atoms with Gasteiger partial charge in [-0.3, -0.25) is 4.90 Å². The van der Waals surface area contributed by atoms with E-state index in [1.165, 1.54) is 0 Å². The van der Waals surface area contributed by atoms with Gasteiger partial charge >= 0.3 is 6.18 Å². The van der Waals surface area contributed by atoms with E-state index < -0.39 is 12.2 Å². The molecule has 2 nitrogen and oxygen atoms in total. The van der Waals surface area contributed by atoms with Gasteiger partial charge in [-0.1, -0.05) is 13.8 Å². The molecule has 2 unspecified atom stereocenters. The number of nitrogens with zero attached hydrogens (tertiary/aromatic N) is 1. The van der Waals surface area contributed by atoms with E-state index in [0.717, 1.165) is 19.3 Å². The van der Waals surface area contributed by atoms with Crippen molar-refractivity contribution in [2.24, 2.45) is 17.6 Å². The molecule has 2 atom stereocenters. The normalized spacial score (nSPS) is 25.2. The highest BCUT2D eigenvalue weighted by atomic mass is 19.4. The van der Waals surface area contributed by atoms with Crippen LogP contribution in [0.3, 0.4) is 0 Å². The van der Waals surface area contributed by atoms with Gasteiger partial charge in [-0.15, -0.1) is 0 Å². The van der Waals surface area contributed by atoms with E-state index in [1.807, 2.05) is 0 Å². The maximum Gasteiger partial charge on any atom is 0.404 e. The standard InChI is InChI=1S/C13H25F3N2/c1-10(2)11-4-3-8-18(9-6-11)12(5-7-17)13(14,15)16/h10-12H,3-9,17H2,1-2H3. The first kappa shape index (κ1) is 15.8. The molecule has 0 aromatic heterocycles. The highest BCUT2D eigenvalue weighted by Crippen LogP contribution is 2.31. The molecule has 108 valence electrons. The minimum atomic E-state index is -4.16. The molecule has 18 heavy (non-hydrogen) atoms. The van der Waals surface area contributed by atoms with Gasteiger partial charge in [0.1, 0.15) is 6.04 Å². The molecule has 0 bridgehead atoms. The van der Waals surface area contributed by atoms with Crippen molar-refractivity contribution in [2.75, 3.05) is 19.6 Å². The first-order valence-electron chi connectivity index (χ1n) is 6.87. The average Bonchev–Trinajstić information content (AvgIpc) is 2.49. The molecule has 0 aromatic carbocycles. The van der Waals surface area contributed by atoms with Crippen LogP contribution in [0.4, 0.5) is 13.2 Å². The second-order valence-corrected chi connectivity index (χ2v) is 5.61. The van der Waals surface area contributed by atoms with E-state index in [9.17, 15) is 13.2 Å². The largest absolute Gasteiger partial charge is 0.404 e. The van der Waals surface area contributed by atoms with Crippen molar-refractivity contribution in [3.8, 4) is 0 Å². The van der Waals surface area contributed by atoms with Crippen molar-refractivity contribution in [3.05, 3.63) is 0 Å². The van der Waals surface area contributed by atoms with Gasteiger partial charge in [-0.2, -0.15) is 13.2 Å². The van der Waals surface area contributed by atoms with Gasteiger partial charge in [0.25, 0.3) is 0 Å². The summed E-state index contributed by atoms with van der Waals surface area (Å²) in [7, 11) is 0. The summed E-state index contributed by atoms with van der Waals surface area (Å²) in [6, 6.07) is -1.35. The Morgan fingerprint density at radius 1 is 1.22 bits per heavy atom. The fourth-order valence-electron chi connectivity index (χ4n) is 2.83. The van der Waals surface area contributed by atoms with E-state index in [1.54, 1.807) is 4.90 Å². The zero-order valence-corrected chi connectivity index (χ0v) is 11.3. The lowest BCUT2D eigenvalue weighted by Crippen LogP contribution is -2.47. The van der Waals surface area contributed by atoms with Crippen LogP contribution in [0.15, 0.2) is 0 Å². The topological polar surface area (TPSA) is 29.3 Å².